The van der Waals surface area contributed by atoms with E-state index in [1.165, 1.54) is 12.8 Å². The summed E-state index contributed by atoms with van der Waals surface area (Å²) in [4.78, 5) is 0. The van der Waals surface area contributed by atoms with E-state index in [0.29, 0.717) is 36.7 Å². The molecule has 0 unspecified atom stereocenters. The van der Waals surface area contributed by atoms with Crippen molar-refractivity contribution < 1.29 is 19.7 Å². The van der Waals surface area contributed by atoms with Crippen molar-refractivity contribution in [2.75, 3.05) is 14.2 Å². The van der Waals surface area contributed by atoms with Gasteiger partial charge in [-0.15, -0.1) is 0 Å². The lowest BCUT2D eigenvalue weighted by Gasteiger charge is -2.33. The Labute approximate surface area is 166 Å². The normalized spacial score (nSPS) is 19.4. The van der Waals surface area contributed by atoms with E-state index in [1.807, 2.05) is 24.3 Å². The van der Waals surface area contributed by atoms with E-state index in [0.717, 1.165) is 24.0 Å². The van der Waals surface area contributed by atoms with Crippen molar-refractivity contribution in [3.63, 3.8) is 0 Å². The van der Waals surface area contributed by atoms with Crippen molar-refractivity contribution in [2.24, 2.45) is 0 Å². The van der Waals surface area contributed by atoms with E-state index in [9.17, 15) is 10.2 Å². The summed E-state index contributed by atoms with van der Waals surface area (Å²) in [6.45, 7) is 1.21. The van der Waals surface area contributed by atoms with Gasteiger partial charge < -0.3 is 30.3 Å². The van der Waals surface area contributed by atoms with Gasteiger partial charge in [0.2, 0.25) is 0 Å². The van der Waals surface area contributed by atoms with Gasteiger partial charge in [-0.1, -0.05) is 25.0 Å². The molecule has 0 bridgehead atoms. The van der Waals surface area contributed by atoms with Gasteiger partial charge in [-0.25, -0.2) is 0 Å². The highest BCUT2D eigenvalue weighted by Crippen LogP contribution is 2.26. The first-order valence-corrected chi connectivity index (χ1v) is 9.79. The van der Waals surface area contributed by atoms with E-state index in [2.05, 4.69) is 10.6 Å². The van der Waals surface area contributed by atoms with Gasteiger partial charge >= 0.3 is 0 Å². The van der Waals surface area contributed by atoms with E-state index in [1.54, 1.807) is 26.4 Å². The van der Waals surface area contributed by atoms with Crippen LogP contribution in [0.15, 0.2) is 36.4 Å². The molecule has 1 aliphatic carbocycles. The second-order valence-corrected chi connectivity index (χ2v) is 7.25. The summed E-state index contributed by atoms with van der Waals surface area (Å²) >= 11 is 0. The molecular weight excluding hydrogens is 356 g/mol. The number of benzene rings is 2. The van der Waals surface area contributed by atoms with Gasteiger partial charge in [0.25, 0.3) is 0 Å². The van der Waals surface area contributed by atoms with Crippen molar-refractivity contribution in [2.45, 2.75) is 50.9 Å². The summed E-state index contributed by atoms with van der Waals surface area (Å²) in [5.74, 6) is 1.79. The third kappa shape index (κ3) is 5.09. The van der Waals surface area contributed by atoms with Crippen molar-refractivity contribution >= 4 is 0 Å². The highest BCUT2D eigenvalue weighted by Gasteiger charge is 2.24. The molecule has 0 aliphatic heterocycles. The van der Waals surface area contributed by atoms with E-state index < -0.39 is 0 Å². The van der Waals surface area contributed by atoms with Crippen LogP contribution in [0.2, 0.25) is 0 Å². The minimum absolute atomic E-state index is 0.246. The molecule has 0 radical (unpaired) electrons. The van der Waals surface area contributed by atoms with Gasteiger partial charge in [0.1, 0.15) is 23.0 Å². The summed E-state index contributed by atoms with van der Waals surface area (Å²) in [7, 11) is 3.18. The van der Waals surface area contributed by atoms with Crippen LogP contribution in [0.5, 0.6) is 23.0 Å². The predicted octanol–water partition coefficient (Wildman–Crippen LogP) is 3.31. The second-order valence-electron chi connectivity index (χ2n) is 7.25. The number of aromatic hydroxyl groups is 2. The quantitative estimate of drug-likeness (QED) is 0.557. The molecular formula is C22H30N2O4. The van der Waals surface area contributed by atoms with Gasteiger partial charge in [-0.2, -0.15) is 0 Å². The molecule has 3 rings (SSSR count). The highest BCUT2D eigenvalue weighted by atomic mass is 16.5. The second kappa shape index (κ2) is 9.66. The topological polar surface area (TPSA) is 83.0 Å². The predicted molar refractivity (Wildman–Crippen MR) is 109 cm³/mol. The lowest BCUT2D eigenvalue weighted by Crippen LogP contribution is -2.49. The minimum Gasteiger partial charge on any atom is -0.507 e. The molecule has 2 aromatic carbocycles. The van der Waals surface area contributed by atoms with Crippen molar-refractivity contribution in [3.8, 4) is 23.0 Å². The minimum atomic E-state index is 0.246. The van der Waals surface area contributed by atoms with Crippen LogP contribution in [0.1, 0.15) is 36.8 Å². The van der Waals surface area contributed by atoms with E-state index in [-0.39, 0.29) is 11.5 Å². The Bertz CT molecular complexity index is 716. The Morgan fingerprint density at radius 3 is 1.57 bits per heavy atom. The van der Waals surface area contributed by atoms with Crippen molar-refractivity contribution in [1.29, 1.82) is 0 Å². The fourth-order valence-corrected chi connectivity index (χ4v) is 3.74. The molecule has 152 valence electrons. The number of phenolic OH excluding ortho intramolecular Hbond substituents is 2. The average molecular weight is 386 g/mol. The van der Waals surface area contributed by atoms with E-state index in [4.69, 9.17) is 9.47 Å². The van der Waals surface area contributed by atoms with Gasteiger partial charge in [-0.05, 0) is 25.0 Å². The molecule has 28 heavy (non-hydrogen) atoms. The van der Waals surface area contributed by atoms with Crippen LogP contribution in [0, 0.1) is 0 Å². The van der Waals surface area contributed by atoms with Gasteiger partial charge in [-0.3, -0.25) is 0 Å². The van der Waals surface area contributed by atoms with Crippen LogP contribution in [0.25, 0.3) is 0 Å². The molecule has 0 spiro atoms. The molecule has 0 amide bonds. The van der Waals surface area contributed by atoms with Crippen LogP contribution in [-0.4, -0.2) is 36.5 Å². The van der Waals surface area contributed by atoms with Crippen LogP contribution in [0.4, 0.5) is 0 Å². The molecule has 6 heteroatoms. The SMILES string of the molecule is COc1ccc(CN[C@H]2CCCC[C@@H]2NCc2ccc(OC)cc2O)c(O)c1. The Morgan fingerprint density at radius 2 is 1.21 bits per heavy atom. The number of hydrogen-bond donors (Lipinski definition) is 4. The summed E-state index contributed by atoms with van der Waals surface area (Å²) in [6.07, 6.45) is 4.56. The number of phenols is 2. The van der Waals surface area contributed by atoms with Crippen LogP contribution in [0.3, 0.4) is 0 Å². The molecule has 2 atom stereocenters. The molecule has 1 aliphatic rings. The number of nitrogens with one attached hydrogen (secondary N) is 2. The monoisotopic (exact) mass is 386 g/mol. The average Bonchev–Trinajstić information content (AvgIpc) is 2.72. The van der Waals surface area contributed by atoms with Crippen molar-refractivity contribution in [1.82, 2.24) is 10.6 Å². The Morgan fingerprint density at radius 1 is 0.786 bits per heavy atom. The fourth-order valence-electron chi connectivity index (χ4n) is 3.74. The van der Waals surface area contributed by atoms with Gasteiger partial charge in [0, 0.05) is 48.4 Å². The van der Waals surface area contributed by atoms with Crippen LogP contribution >= 0.6 is 0 Å². The summed E-state index contributed by atoms with van der Waals surface area (Å²) in [5, 5.41) is 27.5. The Balaban J connectivity index is 1.58. The molecule has 0 saturated heterocycles. The highest BCUT2D eigenvalue weighted by molar-refractivity contribution is 5.40. The summed E-state index contributed by atoms with van der Waals surface area (Å²) < 4.78 is 10.3. The smallest absolute Gasteiger partial charge is 0.123 e. The third-order valence-corrected chi connectivity index (χ3v) is 5.46. The first kappa shape index (κ1) is 20.3. The lowest BCUT2D eigenvalue weighted by atomic mass is 9.90. The first-order valence-electron chi connectivity index (χ1n) is 9.79. The Kier molecular flexibility index (Phi) is 7.01. The third-order valence-electron chi connectivity index (χ3n) is 5.46. The number of rotatable bonds is 8. The van der Waals surface area contributed by atoms with Crippen molar-refractivity contribution in [3.05, 3.63) is 47.5 Å². The Hall–Kier alpha value is -2.44. The van der Waals surface area contributed by atoms with Gasteiger partial charge in [0.05, 0.1) is 14.2 Å². The molecule has 1 fully saturated rings. The van der Waals surface area contributed by atoms with Crippen LogP contribution < -0.4 is 20.1 Å². The fraction of sp³-hybridized carbons (Fsp3) is 0.455. The number of ether oxygens (including phenoxy) is 2. The number of hydrogen-bond acceptors (Lipinski definition) is 6. The number of methoxy groups -OCH3 is 2. The van der Waals surface area contributed by atoms with Gasteiger partial charge in [0.15, 0.2) is 0 Å². The maximum absolute atomic E-state index is 10.2. The zero-order valence-corrected chi connectivity index (χ0v) is 16.6. The standard InChI is InChI=1S/C22H30N2O4/c1-27-17-9-7-15(21(25)11-17)13-23-19-5-3-4-6-20(19)24-14-16-8-10-18(28-2)12-22(16)26/h7-12,19-20,23-26H,3-6,13-14H2,1-2H3/t19-,20-/m0/s1. The zero-order valence-electron chi connectivity index (χ0n) is 16.6. The molecule has 0 heterocycles. The summed E-state index contributed by atoms with van der Waals surface area (Å²) in [6, 6.07) is 11.4. The maximum atomic E-state index is 10.2. The molecule has 6 nitrogen and oxygen atoms in total. The molecule has 1 saturated carbocycles. The largest absolute Gasteiger partial charge is 0.507 e. The molecule has 4 N–H and O–H groups in total. The molecule has 0 aromatic heterocycles. The maximum Gasteiger partial charge on any atom is 0.123 e. The first-order chi connectivity index (χ1) is 13.6. The van der Waals surface area contributed by atoms with E-state index >= 15 is 0 Å². The summed E-state index contributed by atoms with van der Waals surface area (Å²) in [5.41, 5.74) is 1.72. The van der Waals surface area contributed by atoms with Crippen LogP contribution in [-0.2, 0) is 13.1 Å². The zero-order chi connectivity index (χ0) is 19.9. The molecule has 2 aromatic rings. The lowest BCUT2D eigenvalue weighted by molar-refractivity contribution is 0.279.